The molecular weight excluding hydrogens is 430 g/mol. The van der Waals surface area contributed by atoms with E-state index in [4.69, 9.17) is 0 Å². The number of carbonyl (C=O) groups excluding carboxylic acids is 2. The highest BCUT2D eigenvalue weighted by atomic mass is 16.2. The molecule has 2 aliphatic rings. The Balaban J connectivity index is 1.47. The third-order valence-corrected chi connectivity index (χ3v) is 6.37. The molecule has 0 spiro atoms. The average Bonchev–Trinajstić information content (AvgIpc) is 3.24. The van der Waals surface area contributed by atoms with Crippen molar-refractivity contribution < 1.29 is 9.59 Å². The highest BCUT2D eigenvalue weighted by Crippen LogP contribution is 2.34. The van der Waals surface area contributed by atoms with Crippen LogP contribution in [0.4, 0.5) is 17.3 Å². The number of carbonyl (C=O) groups is 2. The van der Waals surface area contributed by atoms with Gasteiger partial charge in [0.25, 0.3) is 0 Å². The van der Waals surface area contributed by atoms with Gasteiger partial charge in [0.1, 0.15) is 17.5 Å². The third kappa shape index (κ3) is 5.01. The molecule has 34 heavy (non-hydrogen) atoms. The summed E-state index contributed by atoms with van der Waals surface area (Å²) in [5, 5.41) is 19.2. The van der Waals surface area contributed by atoms with Gasteiger partial charge >= 0.3 is 0 Å². The summed E-state index contributed by atoms with van der Waals surface area (Å²) in [6.07, 6.45) is 4.48. The average molecular weight is 460 g/mol. The predicted octanol–water partition coefficient (Wildman–Crippen LogP) is 3.66. The molecule has 1 aromatic carbocycles. The van der Waals surface area contributed by atoms with Crippen molar-refractivity contribution in [2.75, 3.05) is 29.0 Å². The normalized spacial score (nSPS) is 16.7. The molecule has 0 atom stereocenters. The number of benzene rings is 1. The quantitative estimate of drug-likeness (QED) is 0.583. The first-order valence-electron chi connectivity index (χ1n) is 11.6. The number of fused-ring (bicyclic) bond motifs is 1. The van der Waals surface area contributed by atoms with Gasteiger partial charge in [-0.3, -0.25) is 14.9 Å². The molecule has 0 unspecified atom stereocenters. The molecule has 176 valence electrons. The lowest BCUT2D eigenvalue weighted by atomic mass is 9.93. The maximum atomic E-state index is 12.6. The Kier molecular flexibility index (Phi) is 6.77. The zero-order valence-corrected chi connectivity index (χ0v) is 19.7. The van der Waals surface area contributed by atoms with Gasteiger partial charge in [-0.05, 0) is 55.4 Å². The minimum atomic E-state index is -0.168. The molecule has 3 N–H and O–H groups in total. The molecule has 0 bridgehead atoms. The van der Waals surface area contributed by atoms with E-state index in [1.54, 1.807) is 13.1 Å². The lowest BCUT2D eigenvalue weighted by Gasteiger charge is -2.30. The van der Waals surface area contributed by atoms with Crippen molar-refractivity contribution in [1.82, 2.24) is 14.9 Å². The van der Waals surface area contributed by atoms with Gasteiger partial charge < -0.3 is 15.5 Å². The number of allylic oxidation sites excluding steroid dienone is 1. The van der Waals surface area contributed by atoms with E-state index < -0.39 is 0 Å². The Labute approximate surface area is 199 Å². The number of nitriles is 1. The van der Waals surface area contributed by atoms with Crippen LogP contribution in [0.15, 0.2) is 30.2 Å². The summed E-state index contributed by atoms with van der Waals surface area (Å²) in [6.45, 7) is 6.86. The number of amides is 2. The van der Waals surface area contributed by atoms with Crippen molar-refractivity contribution in [2.24, 2.45) is 5.92 Å². The highest BCUT2D eigenvalue weighted by Gasteiger charge is 2.24. The first-order valence-corrected chi connectivity index (χ1v) is 11.6. The lowest BCUT2D eigenvalue weighted by molar-refractivity contribution is -0.130. The van der Waals surface area contributed by atoms with Gasteiger partial charge in [0.15, 0.2) is 0 Å². The van der Waals surface area contributed by atoms with Crippen molar-refractivity contribution in [2.45, 2.75) is 46.5 Å². The Bertz CT molecular complexity index is 1190. The predicted molar refractivity (Wildman–Crippen MR) is 131 cm³/mol. The van der Waals surface area contributed by atoms with Crippen LogP contribution < -0.4 is 16.0 Å². The molecule has 2 amide bonds. The van der Waals surface area contributed by atoms with Gasteiger partial charge in [-0.25, -0.2) is 9.97 Å². The number of aromatic nitrogens is 2. The van der Waals surface area contributed by atoms with Crippen molar-refractivity contribution >= 4 is 34.7 Å². The standard InChI is InChI=1S/C25H29N7O2/c1-4-17-5-6-20-21(11-17)29-24(28-20)19(13-26)23-15(2)14-27-25(31-23)30-22(34)12-18-7-9-32(10-8-18)16(3)33/h5-6,11,14,18,28-29H,4,7-10,12H2,1-3H3,(H,27,30,31,34)/b24-19+. The van der Waals surface area contributed by atoms with Crippen molar-refractivity contribution in [1.29, 1.82) is 5.26 Å². The highest BCUT2D eigenvalue weighted by molar-refractivity contribution is 5.92. The smallest absolute Gasteiger partial charge is 0.229 e. The zero-order chi connectivity index (χ0) is 24.2. The van der Waals surface area contributed by atoms with E-state index in [1.807, 2.05) is 17.9 Å². The number of aryl methyl sites for hydroxylation is 2. The summed E-state index contributed by atoms with van der Waals surface area (Å²) in [5.74, 6) is 0.853. The van der Waals surface area contributed by atoms with E-state index in [0.29, 0.717) is 36.6 Å². The summed E-state index contributed by atoms with van der Waals surface area (Å²) in [5.41, 5.74) is 4.55. The summed E-state index contributed by atoms with van der Waals surface area (Å²) in [7, 11) is 0. The number of anilines is 3. The summed E-state index contributed by atoms with van der Waals surface area (Å²) < 4.78 is 0. The van der Waals surface area contributed by atoms with Crippen LogP contribution in [-0.4, -0.2) is 39.8 Å². The molecule has 4 rings (SSSR count). The monoisotopic (exact) mass is 459 g/mol. The number of rotatable bonds is 5. The fourth-order valence-corrected chi connectivity index (χ4v) is 4.32. The van der Waals surface area contributed by atoms with Gasteiger partial charge in [0.2, 0.25) is 17.8 Å². The van der Waals surface area contributed by atoms with E-state index in [0.717, 1.165) is 36.2 Å². The SMILES string of the molecule is CCc1ccc2c(c1)N/C(=C(\C#N)c1nc(NC(=O)CC3CCN(C(C)=O)CC3)ncc1C)N2. The second kappa shape index (κ2) is 9.91. The Hall–Kier alpha value is -3.93. The van der Waals surface area contributed by atoms with E-state index in [-0.39, 0.29) is 23.7 Å². The summed E-state index contributed by atoms with van der Waals surface area (Å²) in [4.78, 5) is 34.7. The third-order valence-electron chi connectivity index (χ3n) is 6.37. The fourth-order valence-electron chi connectivity index (χ4n) is 4.32. The second-order valence-electron chi connectivity index (χ2n) is 8.77. The van der Waals surface area contributed by atoms with Crippen LogP contribution in [0, 0.1) is 24.2 Å². The fraction of sp³-hybridized carbons (Fsp3) is 0.400. The minimum Gasteiger partial charge on any atom is -0.343 e. The second-order valence-corrected chi connectivity index (χ2v) is 8.77. The van der Waals surface area contributed by atoms with Gasteiger partial charge in [-0.1, -0.05) is 13.0 Å². The van der Waals surface area contributed by atoms with Gasteiger partial charge in [0.05, 0.1) is 17.1 Å². The molecule has 3 heterocycles. The lowest BCUT2D eigenvalue weighted by Crippen LogP contribution is -2.37. The van der Waals surface area contributed by atoms with E-state index >= 15 is 0 Å². The van der Waals surface area contributed by atoms with Gasteiger partial charge in [-0.2, -0.15) is 5.26 Å². The van der Waals surface area contributed by atoms with Gasteiger partial charge in [-0.15, -0.1) is 0 Å². The first-order chi connectivity index (χ1) is 16.4. The van der Waals surface area contributed by atoms with Crippen LogP contribution in [0.2, 0.25) is 0 Å². The Morgan fingerprint density at radius 2 is 1.97 bits per heavy atom. The molecular formula is C25H29N7O2. The van der Waals surface area contributed by atoms with Crippen molar-refractivity contribution in [3.63, 3.8) is 0 Å². The van der Waals surface area contributed by atoms with E-state index in [2.05, 4.69) is 51.0 Å². The molecule has 1 aromatic heterocycles. The number of hydrogen-bond acceptors (Lipinski definition) is 7. The van der Waals surface area contributed by atoms with Crippen LogP contribution in [-0.2, 0) is 16.0 Å². The number of nitrogens with one attached hydrogen (secondary N) is 3. The molecule has 9 nitrogen and oxygen atoms in total. The maximum absolute atomic E-state index is 12.6. The zero-order valence-electron chi connectivity index (χ0n) is 19.7. The van der Waals surface area contributed by atoms with Gasteiger partial charge in [0, 0.05) is 32.6 Å². The largest absolute Gasteiger partial charge is 0.343 e. The number of likely N-dealkylation sites (tertiary alicyclic amines) is 1. The van der Waals surface area contributed by atoms with E-state index in [1.165, 1.54) is 5.56 Å². The number of hydrogen-bond donors (Lipinski definition) is 3. The molecule has 9 heteroatoms. The van der Waals surface area contributed by atoms with Crippen LogP contribution in [0.1, 0.15) is 49.9 Å². The topological polar surface area (TPSA) is 123 Å². The number of piperidine rings is 1. The minimum absolute atomic E-state index is 0.0750. The summed E-state index contributed by atoms with van der Waals surface area (Å²) >= 11 is 0. The Morgan fingerprint density at radius 1 is 1.24 bits per heavy atom. The van der Waals surface area contributed by atoms with Crippen LogP contribution in [0.5, 0.6) is 0 Å². The maximum Gasteiger partial charge on any atom is 0.229 e. The van der Waals surface area contributed by atoms with Crippen LogP contribution >= 0.6 is 0 Å². The molecule has 2 aromatic rings. The van der Waals surface area contributed by atoms with Crippen molar-refractivity contribution in [3.05, 3.63) is 47.0 Å². The van der Waals surface area contributed by atoms with Crippen LogP contribution in [0.25, 0.3) is 5.57 Å². The molecule has 2 aliphatic heterocycles. The molecule has 1 fully saturated rings. The van der Waals surface area contributed by atoms with Crippen molar-refractivity contribution in [3.8, 4) is 6.07 Å². The first kappa shape index (κ1) is 23.2. The summed E-state index contributed by atoms with van der Waals surface area (Å²) in [6, 6.07) is 8.34. The molecule has 1 saturated heterocycles. The van der Waals surface area contributed by atoms with E-state index in [9.17, 15) is 14.9 Å². The molecule has 0 saturated carbocycles. The number of nitrogens with zero attached hydrogens (tertiary/aromatic N) is 4. The van der Waals surface area contributed by atoms with Crippen LogP contribution in [0.3, 0.4) is 0 Å². The Morgan fingerprint density at radius 3 is 2.65 bits per heavy atom. The molecule has 0 aliphatic carbocycles. The molecule has 0 radical (unpaired) electrons.